The average molecular weight is 264 g/mol. The summed E-state index contributed by atoms with van der Waals surface area (Å²) < 4.78 is 0. The minimum Gasteiger partial charge on any atom is -0.383 e. The fourth-order valence-electron chi connectivity index (χ4n) is 2.27. The summed E-state index contributed by atoms with van der Waals surface area (Å²) in [7, 11) is 0. The van der Waals surface area contributed by atoms with Gasteiger partial charge in [-0.05, 0) is 37.6 Å². The summed E-state index contributed by atoms with van der Waals surface area (Å²) in [4.78, 5) is 13.3. The van der Waals surface area contributed by atoms with Gasteiger partial charge in [0.05, 0.1) is 5.52 Å². The van der Waals surface area contributed by atoms with Gasteiger partial charge in [0.25, 0.3) is 0 Å². The topological polar surface area (TPSA) is 64.7 Å². The second-order valence-corrected chi connectivity index (χ2v) is 4.77. The lowest BCUT2D eigenvalue weighted by atomic mass is 10.1. The summed E-state index contributed by atoms with van der Waals surface area (Å²) in [6, 6.07) is 9.97. The molecule has 0 aliphatic rings. The van der Waals surface area contributed by atoms with E-state index >= 15 is 0 Å². The Morgan fingerprint density at radius 3 is 2.80 bits per heavy atom. The molecule has 0 atom stereocenters. The smallest absolute Gasteiger partial charge is 0.161 e. The van der Waals surface area contributed by atoms with Crippen molar-refractivity contribution in [3.8, 4) is 11.4 Å². The van der Waals surface area contributed by atoms with Gasteiger partial charge in [-0.1, -0.05) is 13.0 Å². The predicted octanol–water partition coefficient (Wildman–Crippen LogP) is 3.14. The van der Waals surface area contributed by atoms with E-state index in [0.29, 0.717) is 11.6 Å². The third-order valence-electron chi connectivity index (χ3n) is 3.48. The standard InChI is InChI=1S/C16H16N4/c1-3-13-10(2)15(17)20-16(19-13)12-6-7-14-11(9-12)5-4-8-18-14/h4-9H,3H2,1-2H3,(H2,17,19,20). The van der Waals surface area contributed by atoms with E-state index in [1.54, 1.807) is 6.20 Å². The van der Waals surface area contributed by atoms with Gasteiger partial charge in [0, 0.05) is 28.4 Å². The van der Waals surface area contributed by atoms with Gasteiger partial charge in [0.2, 0.25) is 0 Å². The lowest BCUT2D eigenvalue weighted by Crippen LogP contribution is -2.04. The van der Waals surface area contributed by atoms with Crippen molar-refractivity contribution in [2.45, 2.75) is 20.3 Å². The Hall–Kier alpha value is -2.49. The van der Waals surface area contributed by atoms with Crippen LogP contribution in [-0.2, 0) is 6.42 Å². The molecule has 0 saturated heterocycles. The van der Waals surface area contributed by atoms with Crippen molar-refractivity contribution < 1.29 is 0 Å². The summed E-state index contributed by atoms with van der Waals surface area (Å²) in [6.45, 7) is 4.03. The molecular weight excluding hydrogens is 248 g/mol. The number of rotatable bonds is 2. The molecule has 0 amide bonds. The molecule has 0 saturated carbocycles. The number of hydrogen-bond donors (Lipinski definition) is 1. The fourth-order valence-corrected chi connectivity index (χ4v) is 2.27. The van der Waals surface area contributed by atoms with Crippen LogP contribution in [-0.4, -0.2) is 15.0 Å². The molecule has 0 radical (unpaired) electrons. The molecule has 2 aromatic heterocycles. The SMILES string of the molecule is CCc1nc(-c2ccc3ncccc3c2)nc(N)c1C. The molecule has 0 fully saturated rings. The Morgan fingerprint density at radius 2 is 2.00 bits per heavy atom. The van der Waals surface area contributed by atoms with Crippen LogP contribution in [0.25, 0.3) is 22.3 Å². The Morgan fingerprint density at radius 1 is 1.15 bits per heavy atom. The van der Waals surface area contributed by atoms with E-state index in [4.69, 9.17) is 5.73 Å². The van der Waals surface area contributed by atoms with Crippen molar-refractivity contribution in [2.75, 3.05) is 5.73 Å². The van der Waals surface area contributed by atoms with Crippen LogP contribution >= 0.6 is 0 Å². The third kappa shape index (κ3) is 2.09. The summed E-state index contributed by atoms with van der Waals surface area (Å²) in [5.74, 6) is 1.23. The number of fused-ring (bicyclic) bond motifs is 1. The predicted molar refractivity (Wildman–Crippen MR) is 81.3 cm³/mol. The summed E-state index contributed by atoms with van der Waals surface area (Å²) in [5.41, 5.74) is 9.88. The highest BCUT2D eigenvalue weighted by Gasteiger charge is 2.09. The van der Waals surface area contributed by atoms with Crippen LogP contribution in [0.3, 0.4) is 0 Å². The van der Waals surface area contributed by atoms with Gasteiger partial charge in [-0.2, -0.15) is 0 Å². The van der Waals surface area contributed by atoms with Crippen LogP contribution < -0.4 is 5.73 Å². The van der Waals surface area contributed by atoms with E-state index in [1.807, 2.05) is 37.3 Å². The number of nitrogens with two attached hydrogens (primary N) is 1. The zero-order valence-corrected chi connectivity index (χ0v) is 11.6. The normalized spacial score (nSPS) is 10.9. The number of nitrogen functional groups attached to an aromatic ring is 1. The van der Waals surface area contributed by atoms with Crippen LogP contribution in [0, 0.1) is 6.92 Å². The maximum atomic E-state index is 5.98. The van der Waals surface area contributed by atoms with Gasteiger partial charge in [0.15, 0.2) is 5.82 Å². The van der Waals surface area contributed by atoms with Crippen molar-refractivity contribution >= 4 is 16.7 Å². The van der Waals surface area contributed by atoms with E-state index in [9.17, 15) is 0 Å². The Kier molecular flexibility index (Phi) is 3.06. The zero-order valence-electron chi connectivity index (χ0n) is 11.6. The van der Waals surface area contributed by atoms with Crippen molar-refractivity contribution in [3.63, 3.8) is 0 Å². The molecule has 4 nitrogen and oxygen atoms in total. The molecule has 3 aromatic rings. The molecule has 0 aliphatic carbocycles. The van der Waals surface area contributed by atoms with Gasteiger partial charge < -0.3 is 5.73 Å². The third-order valence-corrected chi connectivity index (χ3v) is 3.48. The first kappa shape index (κ1) is 12.5. The summed E-state index contributed by atoms with van der Waals surface area (Å²) in [5, 5.41) is 1.07. The number of aromatic nitrogens is 3. The largest absolute Gasteiger partial charge is 0.383 e. The minimum atomic E-state index is 0.554. The van der Waals surface area contributed by atoms with Crippen LogP contribution in [0.2, 0.25) is 0 Å². The van der Waals surface area contributed by atoms with Crippen LogP contribution in [0.4, 0.5) is 5.82 Å². The fraction of sp³-hybridized carbons (Fsp3) is 0.188. The molecule has 100 valence electrons. The second kappa shape index (κ2) is 4.89. The lowest BCUT2D eigenvalue weighted by Gasteiger charge is -2.09. The molecule has 0 spiro atoms. The highest BCUT2D eigenvalue weighted by molar-refractivity contribution is 5.83. The first-order valence-electron chi connectivity index (χ1n) is 6.67. The molecule has 0 aliphatic heterocycles. The molecular formula is C16H16N4. The number of hydrogen-bond acceptors (Lipinski definition) is 4. The Balaban J connectivity index is 2.17. The van der Waals surface area contributed by atoms with E-state index in [1.165, 1.54) is 0 Å². The number of nitrogens with zero attached hydrogens (tertiary/aromatic N) is 3. The van der Waals surface area contributed by atoms with E-state index < -0.39 is 0 Å². The quantitative estimate of drug-likeness (QED) is 0.772. The van der Waals surface area contributed by atoms with Crippen LogP contribution in [0.5, 0.6) is 0 Å². The molecule has 2 N–H and O–H groups in total. The average Bonchev–Trinajstić information content (AvgIpc) is 2.49. The molecule has 20 heavy (non-hydrogen) atoms. The Bertz CT molecular complexity index is 781. The number of anilines is 1. The summed E-state index contributed by atoms with van der Waals surface area (Å²) in [6.07, 6.45) is 2.64. The number of pyridine rings is 1. The van der Waals surface area contributed by atoms with Crippen molar-refractivity contribution in [1.29, 1.82) is 0 Å². The first-order valence-corrected chi connectivity index (χ1v) is 6.67. The van der Waals surface area contributed by atoms with E-state index in [2.05, 4.69) is 21.9 Å². The molecule has 0 bridgehead atoms. The molecule has 4 heteroatoms. The monoisotopic (exact) mass is 264 g/mol. The van der Waals surface area contributed by atoms with Crippen LogP contribution in [0.15, 0.2) is 36.5 Å². The van der Waals surface area contributed by atoms with Gasteiger partial charge >= 0.3 is 0 Å². The van der Waals surface area contributed by atoms with E-state index in [-0.39, 0.29) is 0 Å². The molecule has 1 aromatic carbocycles. The van der Waals surface area contributed by atoms with E-state index in [0.717, 1.165) is 34.1 Å². The maximum Gasteiger partial charge on any atom is 0.161 e. The molecule has 0 unspecified atom stereocenters. The van der Waals surface area contributed by atoms with Gasteiger partial charge in [0.1, 0.15) is 5.82 Å². The number of aryl methyl sites for hydroxylation is 1. The van der Waals surface area contributed by atoms with Crippen molar-refractivity contribution in [3.05, 3.63) is 47.8 Å². The van der Waals surface area contributed by atoms with Crippen molar-refractivity contribution in [2.24, 2.45) is 0 Å². The first-order chi connectivity index (χ1) is 9.69. The highest BCUT2D eigenvalue weighted by atomic mass is 15.0. The minimum absolute atomic E-state index is 0.554. The van der Waals surface area contributed by atoms with Crippen molar-refractivity contribution in [1.82, 2.24) is 15.0 Å². The highest BCUT2D eigenvalue weighted by Crippen LogP contribution is 2.23. The van der Waals surface area contributed by atoms with Gasteiger partial charge in [-0.15, -0.1) is 0 Å². The zero-order chi connectivity index (χ0) is 14.1. The van der Waals surface area contributed by atoms with Gasteiger partial charge in [-0.3, -0.25) is 4.98 Å². The summed E-state index contributed by atoms with van der Waals surface area (Å²) >= 11 is 0. The maximum absolute atomic E-state index is 5.98. The Labute approximate surface area is 117 Å². The molecule has 3 rings (SSSR count). The number of benzene rings is 1. The second-order valence-electron chi connectivity index (χ2n) is 4.77. The van der Waals surface area contributed by atoms with Crippen LogP contribution in [0.1, 0.15) is 18.2 Å². The lowest BCUT2D eigenvalue weighted by molar-refractivity contribution is 0.982. The molecule has 2 heterocycles. The van der Waals surface area contributed by atoms with Gasteiger partial charge in [-0.25, -0.2) is 9.97 Å².